The number of thioether (sulfide) groups is 1. The number of aliphatic imine (C=N–C) groups is 1. The monoisotopic (exact) mass is 201 g/mol. The first kappa shape index (κ1) is 10.7. The minimum absolute atomic E-state index is 0.274. The van der Waals surface area contributed by atoms with E-state index in [0.717, 1.165) is 19.0 Å². The molecular weight excluding hydrogens is 182 g/mol. The summed E-state index contributed by atoms with van der Waals surface area (Å²) in [4.78, 5) is 4.34. The lowest BCUT2D eigenvalue weighted by Gasteiger charge is -2.23. The number of hydrogen-bond acceptors (Lipinski definition) is 4. The van der Waals surface area contributed by atoms with E-state index in [4.69, 9.17) is 0 Å². The zero-order valence-electron chi connectivity index (χ0n) is 8.85. The van der Waals surface area contributed by atoms with E-state index in [1.807, 2.05) is 11.8 Å². The SMILES string of the molecule is CSC(C)(C)CNC1=NCC(C)N1. The summed E-state index contributed by atoms with van der Waals surface area (Å²) in [6, 6.07) is 0.486. The maximum atomic E-state index is 4.34. The standard InChI is InChI=1S/C9H19N3S/c1-7-5-10-8(12-7)11-6-9(2,3)13-4/h7H,5-6H2,1-4H3,(H2,10,11,12). The Labute approximate surface area is 84.8 Å². The van der Waals surface area contributed by atoms with Crippen LogP contribution in [0.15, 0.2) is 4.99 Å². The molecule has 0 fully saturated rings. The molecule has 1 atom stereocenters. The van der Waals surface area contributed by atoms with Crippen molar-refractivity contribution in [3.8, 4) is 0 Å². The molecule has 0 aromatic rings. The van der Waals surface area contributed by atoms with Crippen LogP contribution in [0.5, 0.6) is 0 Å². The Morgan fingerprint density at radius 3 is 2.85 bits per heavy atom. The van der Waals surface area contributed by atoms with Crippen LogP contribution in [-0.2, 0) is 0 Å². The molecule has 13 heavy (non-hydrogen) atoms. The van der Waals surface area contributed by atoms with Gasteiger partial charge in [0.2, 0.25) is 0 Å². The van der Waals surface area contributed by atoms with Gasteiger partial charge in [0.05, 0.1) is 6.54 Å². The van der Waals surface area contributed by atoms with E-state index in [1.165, 1.54) is 0 Å². The third kappa shape index (κ3) is 3.46. The Morgan fingerprint density at radius 2 is 2.38 bits per heavy atom. The molecule has 0 saturated carbocycles. The Morgan fingerprint density at radius 1 is 1.69 bits per heavy atom. The van der Waals surface area contributed by atoms with Crippen LogP contribution in [0.3, 0.4) is 0 Å². The van der Waals surface area contributed by atoms with Crippen molar-refractivity contribution in [1.29, 1.82) is 0 Å². The number of nitrogens with zero attached hydrogens (tertiary/aromatic N) is 1. The van der Waals surface area contributed by atoms with Crippen LogP contribution in [0.2, 0.25) is 0 Å². The van der Waals surface area contributed by atoms with Gasteiger partial charge in [-0.3, -0.25) is 4.99 Å². The van der Waals surface area contributed by atoms with E-state index >= 15 is 0 Å². The van der Waals surface area contributed by atoms with Crippen LogP contribution >= 0.6 is 11.8 Å². The van der Waals surface area contributed by atoms with Crippen molar-refractivity contribution in [3.05, 3.63) is 0 Å². The Bertz CT molecular complexity index is 201. The van der Waals surface area contributed by atoms with Gasteiger partial charge in [0.1, 0.15) is 0 Å². The fourth-order valence-corrected chi connectivity index (χ4v) is 1.25. The quantitative estimate of drug-likeness (QED) is 0.717. The molecule has 0 radical (unpaired) electrons. The zero-order chi connectivity index (χ0) is 9.90. The summed E-state index contributed by atoms with van der Waals surface area (Å²) in [5, 5.41) is 6.60. The molecule has 1 aliphatic rings. The highest BCUT2D eigenvalue weighted by atomic mass is 32.2. The molecule has 1 unspecified atom stereocenters. The Hall–Kier alpha value is -0.380. The third-order valence-electron chi connectivity index (χ3n) is 2.14. The number of rotatable bonds is 3. The van der Waals surface area contributed by atoms with Crippen molar-refractivity contribution in [3.63, 3.8) is 0 Å². The third-order valence-corrected chi connectivity index (χ3v) is 3.39. The lowest BCUT2D eigenvalue weighted by atomic mass is 10.2. The minimum atomic E-state index is 0.274. The van der Waals surface area contributed by atoms with Gasteiger partial charge in [-0.05, 0) is 27.0 Å². The second kappa shape index (κ2) is 4.22. The highest BCUT2D eigenvalue weighted by molar-refractivity contribution is 7.99. The first-order valence-electron chi connectivity index (χ1n) is 4.63. The van der Waals surface area contributed by atoms with Gasteiger partial charge in [0, 0.05) is 17.3 Å². The van der Waals surface area contributed by atoms with Crippen molar-refractivity contribution in [2.45, 2.75) is 31.6 Å². The molecule has 2 N–H and O–H groups in total. The molecule has 0 amide bonds. The summed E-state index contributed by atoms with van der Waals surface area (Å²) in [6.45, 7) is 8.43. The average molecular weight is 201 g/mol. The summed E-state index contributed by atoms with van der Waals surface area (Å²) >= 11 is 1.87. The zero-order valence-corrected chi connectivity index (χ0v) is 9.66. The van der Waals surface area contributed by atoms with Gasteiger partial charge in [-0.25, -0.2) is 0 Å². The van der Waals surface area contributed by atoms with Gasteiger partial charge in [-0.1, -0.05) is 0 Å². The normalized spacial score (nSPS) is 22.5. The lowest BCUT2D eigenvalue weighted by Crippen LogP contribution is -2.43. The number of hydrogen-bond donors (Lipinski definition) is 2. The molecule has 0 aliphatic carbocycles. The highest BCUT2D eigenvalue weighted by Gasteiger charge is 2.18. The molecule has 76 valence electrons. The van der Waals surface area contributed by atoms with Gasteiger partial charge in [-0.15, -0.1) is 0 Å². The predicted octanol–water partition coefficient (Wildman–Crippen LogP) is 1.07. The molecule has 0 bridgehead atoms. The van der Waals surface area contributed by atoms with E-state index in [2.05, 4.69) is 42.7 Å². The van der Waals surface area contributed by atoms with Crippen molar-refractivity contribution < 1.29 is 0 Å². The van der Waals surface area contributed by atoms with Crippen molar-refractivity contribution in [1.82, 2.24) is 10.6 Å². The Kier molecular flexibility index (Phi) is 3.47. The van der Waals surface area contributed by atoms with Gasteiger partial charge >= 0.3 is 0 Å². The molecule has 1 rings (SSSR count). The highest BCUT2D eigenvalue weighted by Crippen LogP contribution is 2.19. The Balaban J connectivity index is 2.27. The van der Waals surface area contributed by atoms with E-state index in [9.17, 15) is 0 Å². The van der Waals surface area contributed by atoms with E-state index in [-0.39, 0.29) is 4.75 Å². The second-order valence-electron chi connectivity index (χ2n) is 4.05. The molecular formula is C9H19N3S. The molecule has 4 heteroatoms. The van der Waals surface area contributed by atoms with Gasteiger partial charge in [0.25, 0.3) is 0 Å². The largest absolute Gasteiger partial charge is 0.355 e. The summed E-state index contributed by atoms with van der Waals surface area (Å²) < 4.78 is 0.274. The summed E-state index contributed by atoms with van der Waals surface area (Å²) in [6.07, 6.45) is 2.13. The van der Waals surface area contributed by atoms with E-state index in [0.29, 0.717) is 6.04 Å². The van der Waals surface area contributed by atoms with Crippen LogP contribution in [0.1, 0.15) is 20.8 Å². The van der Waals surface area contributed by atoms with Gasteiger partial charge in [0.15, 0.2) is 5.96 Å². The average Bonchev–Trinajstić information content (AvgIpc) is 2.48. The first-order valence-corrected chi connectivity index (χ1v) is 5.86. The number of guanidine groups is 1. The maximum absolute atomic E-state index is 4.34. The molecule has 1 heterocycles. The molecule has 0 aromatic heterocycles. The van der Waals surface area contributed by atoms with Crippen LogP contribution in [0.25, 0.3) is 0 Å². The van der Waals surface area contributed by atoms with Gasteiger partial charge in [-0.2, -0.15) is 11.8 Å². The lowest BCUT2D eigenvalue weighted by molar-refractivity contribution is 0.660. The fourth-order valence-electron chi connectivity index (χ4n) is 1.03. The summed E-state index contributed by atoms with van der Waals surface area (Å²) in [5.41, 5.74) is 0. The maximum Gasteiger partial charge on any atom is 0.191 e. The van der Waals surface area contributed by atoms with Crippen molar-refractivity contribution in [2.75, 3.05) is 19.3 Å². The van der Waals surface area contributed by atoms with Crippen LogP contribution in [-0.4, -0.2) is 36.1 Å². The van der Waals surface area contributed by atoms with Crippen molar-refractivity contribution >= 4 is 17.7 Å². The van der Waals surface area contributed by atoms with E-state index in [1.54, 1.807) is 0 Å². The molecule has 0 spiro atoms. The molecule has 0 saturated heterocycles. The van der Waals surface area contributed by atoms with Crippen LogP contribution < -0.4 is 10.6 Å². The first-order chi connectivity index (χ1) is 6.03. The number of nitrogens with one attached hydrogen (secondary N) is 2. The second-order valence-corrected chi connectivity index (χ2v) is 5.57. The van der Waals surface area contributed by atoms with Crippen LogP contribution in [0, 0.1) is 0 Å². The smallest absolute Gasteiger partial charge is 0.191 e. The van der Waals surface area contributed by atoms with Gasteiger partial charge < -0.3 is 10.6 Å². The molecule has 0 aromatic carbocycles. The topological polar surface area (TPSA) is 36.4 Å². The molecule has 3 nitrogen and oxygen atoms in total. The van der Waals surface area contributed by atoms with E-state index < -0.39 is 0 Å². The summed E-state index contributed by atoms with van der Waals surface area (Å²) in [5.74, 6) is 0.953. The minimum Gasteiger partial charge on any atom is -0.355 e. The van der Waals surface area contributed by atoms with Crippen LogP contribution in [0.4, 0.5) is 0 Å². The van der Waals surface area contributed by atoms with Crippen molar-refractivity contribution in [2.24, 2.45) is 4.99 Å². The fraction of sp³-hybridized carbons (Fsp3) is 0.889. The molecule has 1 aliphatic heterocycles. The predicted molar refractivity (Wildman–Crippen MR) is 60.5 cm³/mol. The summed E-state index contributed by atoms with van der Waals surface area (Å²) in [7, 11) is 0.